The van der Waals surface area contributed by atoms with Crippen LogP contribution >= 0.6 is 0 Å². The van der Waals surface area contributed by atoms with E-state index in [0.29, 0.717) is 0 Å². The maximum Gasteiger partial charge on any atom is 0.144 e. The average molecular weight is 243 g/mol. The summed E-state index contributed by atoms with van der Waals surface area (Å²) in [5.41, 5.74) is 3.79. The number of carbonyl (C=O) groups is 1. The largest absolute Gasteiger partial charge is 0.344 e. The zero-order valence-electron chi connectivity index (χ0n) is 11.4. The van der Waals surface area contributed by atoms with E-state index >= 15 is 0 Å². The second-order valence-electron chi connectivity index (χ2n) is 4.74. The Morgan fingerprint density at radius 1 is 1.17 bits per heavy atom. The topological polar surface area (TPSA) is 20.3 Å². The number of benzene rings is 1. The number of hydrogen-bond acceptors (Lipinski definition) is 2. The first-order valence-corrected chi connectivity index (χ1v) is 6.78. The predicted octanol–water partition coefficient (Wildman–Crippen LogP) is 3.67. The van der Waals surface area contributed by atoms with Crippen LogP contribution in [0.25, 0.3) is 0 Å². The van der Waals surface area contributed by atoms with Crippen LogP contribution in [0.5, 0.6) is 0 Å². The monoisotopic (exact) mass is 243 g/mol. The highest BCUT2D eigenvalue weighted by Gasteiger charge is 2.43. The number of para-hydroxylation sites is 1. The molecular weight excluding hydrogens is 222 g/mol. The predicted molar refractivity (Wildman–Crippen MR) is 75.9 cm³/mol. The zero-order valence-corrected chi connectivity index (χ0v) is 11.4. The Hall–Kier alpha value is -1.57. The van der Waals surface area contributed by atoms with Crippen molar-refractivity contribution in [2.24, 2.45) is 0 Å². The summed E-state index contributed by atoms with van der Waals surface area (Å²) in [6.45, 7) is 7.45. The third-order valence-electron chi connectivity index (χ3n) is 4.24. The van der Waals surface area contributed by atoms with Gasteiger partial charge < -0.3 is 4.90 Å². The number of hydrogen-bond donors (Lipinski definition) is 0. The molecule has 0 N–H and O–H groups in total. The zero-order chi connectivity index (χ0) is 13.2. The van der Waals surface area contributed by atoms with E-state index in [9.17, 15) is 4.79 Å². The Bertz CT molecular complexity index is 472. The third-order valence-corrected chi connectivity index (χ3v) is 4.24. The van der Waals surface area contributed by atoms with Gasteiger partial charge in [-0.25, -0.2) is 0 Å². The van der Waals surface area contributed by atoms with Crippen molar-refractivity contribution in [3.63, 3.8) is 0 Å². The quantitative estimate of drug-likeness (QED) is 0.594. The van der Waals surface area contributed by atoms with Crippen LogP contribution in [0.15, 0.2) is 36.0 Å². The third kappa shape index (κ3) is 1.59. The van der Waals surface area contributed by atoms with Gasteiger partial charge in [0.2, 0.25) is 0 Å². The van der Waals surface area contributed by atoms with Gasteiger partial charge in [-0.3, -0.25) is 4.79 Å². The maximum atomic E-state index is 11.0. The van der Waals surface area contributed by atoms with Crippen LogP contribution in [0.1, 0.15) is 39.2 Å². The fourth-order valence-electron chi connectivity index (χ4n) is 3.29. The van der Waals surface area contributed by atoms with Gasteiger partial charge in [0.05, 0.1) is 0 Å². The first-order valence-electron chi connectivity index (χ1n) is 6.78. The van der Waals surface area contributed by atoms with Gasteiger partial charge in [-0.2, -0.15) is 0 Å². The van der Waals surface area contributed by atoms with Crippen molar-refractivity contribution in [1.29, 1.82) is 0 Å². The van der Waals surface area contributed by atoms with Gasteiger partial charge >= 0.3 is 0 Å². The number of nitrogens with zero attached hydrogens (tertiary/aromatic N) is 1. The highest BCUT2D eigenvalue weighted by Crippen LogP contribution is 2.51. The second-order valence-corrected chi connectivity index (χ2v) is 4.74. The van der Waals surface area contributed by atoms with Crippen molar-refractivity contribution < 1.29 is 4.79 Å². The summed E-state index contributed by atoms with van der Waals surface area (Å²) in [5.74, 6) is 0. The summed E-state index contributed by atoms with van der Waals surface area (Å²) in [6, 6.07) is 8.53. The Balaban J connectivity index is 2.70. The first-order chi connectivity index (χ1) is 8.75. The molecule has 0 radical (unpaired) electrons. The summed E-state index contributed by atoms with van der Waals surface area (Å²) in [7, 11) is 0. The highest BCUT2D eigenvalue weighted by atomic mass is 16.1. The van der Waals surface area contributed by atoms with E-state index in [4.69, 9.17) is 0 Å². The molecule has 0 saturated heterocycles. The molecule has 2 heteroatoms. The van der Waals surface area contributed by atoms with E-state index < -0.39 is 0 Å². The Morgan fingerprint density at radius 2 is 1.83 bits per heavy atom. The number of fused-ring (bicyclic) bond motifs is 1. The lowest BCUT2D eigenvalue weighted by Gasteiger charge is -2.31. The van der Waals surface area contributed by atoms with E-state index in [1.807, 2.05) is 0 Å². The van der Waals surface area contributed by atoms with Crippen LogP contribution in [0.3, 0.4) is 0 Å². The fraction of sp³-hybridized carbons (Fsp3) is 0.438. The van der Waals surface area contributed by atoms with Crippen molar-refractivity contribution >= 4 is 12.0 Å². The Morgan fingerprint density at radius 3 is 2.39 bits per heavy atom. The molecule has 1 heterocycles. The van der Waals surface area contributed by atoms with E-state index in [0.717, 1.165) is 31.4 Å². The maximum absolute atomic E-state index is 11.0. The normalized spacial score (nSPS) is 19.1. The van der Waals surface area contributed by atoms with Gasteiger partial charge in [0.15, 0.2) is 0 Å². The average Bonchev–Trinajstić information content (AvgIpc) is 2.69. The standard InChI is InChI=1S/C16H21NO/c1-4-16(5-2)13-9-7-8-10-14(13)17(6-3)15(16)11-12-18/h7-12H,4-6H2,1-3H3/b15-11-. The van der Waals surface area contributed by atoms with Crippen LogP contribution in [0, 0.1) is 0 Å². The van der Waals surface area contributed by atoms with Crippen LogP contribution in [0.2, 0.25) is 0 Å². The van der Waals surface area contributed by atoms with Gasteiger partial charge in [-0.1, -0.05) is 32.0 Å². The van der Waals surface area contributed by atoms with E-state index in [2.05, 4.69) is 49.9 Å². The molecule has 1 aliphatic heterocycles. The molecule has 0 fully saturated rings. The van der Waals surface area contributed by atoms with E-state index in [1.165, 1.54) is 11.3 Å². The number of allylic oxidation sites excluding steroid dienone is 2. The summed E-state index contributed by atoms with van der Waals surface area (Å²) in [4.78, 5) is 13.3. The van der Waals surface area contributed by atoms with E-state index in [-0.39, 0.29) is 5.41 Å². The lowest BCUT2D eigenvalue weighted by molar-refractivity contribution is -0.104. The van der Waals surface area contributed by atoms with Crippen LogP contribution in [0.4, 0.5) is 5.69 Å². The van der Waals surface area contributed by atoms with Crippen molar-refractivity contribution in [3.05, 3.63) is 41.6 Å². The number of rotatable bonds is 4. The summed E-state index contributed by atoms with van der Waals surface area (Å²) < 4.78 is 0. The molecule has 18 heavy (non-hydrogen) atoms. The lowest BCUT2D eigenvalue weighted by atomic mass is 9.75. The summed E-state index contributed by atoms with van der Waals surface area (Å²) in [5, 5.41) is 0. The molecule has 2 rings (SSSR count). The first kappa shape index (κ1) is 12.9. The molecule has 0 unspecified atom stereocenters. The highest BCUT2D eigenvalue weighted by molar-refractivity contribution is 5.77. The van der Waals surface area contributed by atoms with Gasteiger partial charge in [-0.15, -0.1) is 0 Å². The molecule has 1 aliphatic rings. The molecule has 2 nitrogen and oxygen atoms in total. The molecule has 0 bridgehead atoms. The summed E-state index contributed by atoms with van der Waals surface area (Å²) in [6.07, 6.45) is 4.72. The minimum Gasteiger partial charge on any atom is -0.344 e. The minimum atomic E-state index is 0.00745. The van der Waals surface area contributed by atoms with Crippen molar-refractivity contribution in [2.45, 2.75) is 39.0 Å². The van der Waals surface area contributed by atoms with Gasteiger partial charge in [0.1, 0.15) is 6.29 Å². The Kier molecular flexibility index (Phi) is 3.55. The number of likely N-dealkylation sites (N-methyl/N-ethyl adjacent to an activating group) is 1. The molecule has 0 aromatic heterocycles. The second kappa shape index (κ2) is 4.97. The number of carbonyl (C=O) groups excluding carboxylic acids is 1. The molecule has 0 amide bonds. The van der Waals surface area contributed by atoms with E-state index in [1.54, 1.807) is 6.08 Å². The summed E-state index contributed by atoms with van der Waals surface area (Å²) >= 11 is 0. The van der Waals surface area contributed by atoms with Crippen LogP contribution < -0.4 is 4.90 Å². The molecule has 0 aliphatic carbocycles. The smallest absolute Gasteiger partial charge is 0.144 e. The molecule has 1 aromatic carbocycles. The molecule has 0 spiro atoms. The lowest BCUT2D eigenvalue weighted by Crippen LogP contribution is -2.30. The van der Waals surface area contributed by atoms with Crippen molar-refractivity contribution in [1.82, 2.24) is 0 Å². The van der Waals surface area contributed by atoms with Crippen molar-refractivity contribution in [2.75, 3.05) is 11.4 Å². The Labute approximate surface area is 109 Å². The van der Waals surface area contributed by atoms with Crippen molar-refractivity contribution in [3.8, 4) is 0 Å². The van der Waals surface area contributed by atoms with Gasteiger partial charge in [-0.05, 0) is 37.5 Å². The van der Waals surface area contributed by atoms with Gasteiger partial charge in [0.25, 0.3) is 0 Å². The number of aldehydes is 1. The minimum absolute atomic E-state index is 0.00745. The van der Waals surface area contributed by atoms with Crippen LogP contribution in [-0.4, -0.2) is 12.8 Å². The molecule has 0 atom stereocenters. The fourth-order valence-corrected chi connectivity index (χ4v) is 3.29. The molecular formula is C16H21NO. The van der Waals surface area contributed by atoms with Crippen LogP contribution in [-0.2, 0) is 10.2 Å². The molecule has 0 saturated carbocycles. The SMILES string of the molecule is CCN1/C(=C\C=O)C(CC)(CC)c2ccccc21. The number of anilines is 1. The molecule has 96 valence electrons. The van der Waals surface area contributed by atoms with Gasteiger partial charge in [0, 0.05) is 23.3 Å². The molecule has 1 aromatic rings.